The summed E-state index contributed by atoms with van der Waals surface area (Å²) in [7, 11) is 0. The van der Waals surface area contributed by atoms with Gasteiger partial charge in [-0.2, -0.15) is 0 Å². The van der Waals surface area contributed by atoms with Crippen LogP contribution >= 0.6 is 0 Å². The van der Waals surface area contributed by atoms with Gasteiger partial charge in [0.2, 0.25) is 5.91 Å². The van der Waals surface area contributed by atoms with E-state index < -0.39 is 29.7 Å². The van der Waals surface area contributed by atoms with Crippen molar-refractivity contribution in [3.8, 4) is 0 Å². The lowest BCUT2D eigenvalue weighted by Crippen LogP contribution is -2.47. The van der Waals surface area contributed by atoms with Crippen LogP contribution in [0.25, 0.3) is 0 Å². The van der Waals surface area contributed by atoms with E-state index in [9.17, 15) is 19.2 Å². The van der Waals surface area contributed by atoms with E-state index in [-0.39, 0.29) is 5.92 Å². The van der Waals surface area contributed by atoms with Crippen LogP contribution < -0.4 is 16.0 Å². The smallest absolute Gasteiger partial charge is 0.258 e. The summed E-state index contributed by atoms with van der Waals surface area (Å²) in [5.74, 6) is -2.06. The number of anilines is 1. The van der Waals surface area contributed by atoms with Crippen LogP contribution in [-0.4, -0.2) is 29.7 Å². The standard InChI is InChI=1S/C16H17N3O4/c1-9(2)14(15(17)22)18-16(23)10-3-5-11(6-4-10)19-12(20)7-8-13(19)21/h3-9,14H,1-2H3,(H2,17,22)(H,18,23)/t14-/m0/s1. The molecule has 1 aromatic rings. The van der Waals surface area contributed by atoms with Gasteiger partial charge in [0, 0.05) is 17.7 Å². The van der Waals surface area contributed by atoms with Crippen LogP contribution in [-0.2, 0) is 14.4 Å². The third kappa shape index (κ3) is 3.45. The van der Waals surface area contributed by atoms with Crippen molar-refractivity contribution in [1.29, 1.82) is 0 Å². The fourth-order valence-electron chi connectivity index (χ4n) is 2.21. The van der Waals surface area contributed by atoms with Crippen molar-refractivity contribution >= 4 is 29.3 Å². The molecule has 120 valence electrons. The first-order valence-corrected chi connectivity index (χ1v) is 7.07. The van der Waals surface area contributed by atoms with Gasteiger partial charge < -0.3 is 11.1 Å². The van der Waals surface area contributed by atoms with Gasteiger partial charge in [0.05, 0.1) is 5.69 Å². The second-order valence-electron chi connectivity index (χ2n) is 5.49. The molecule has 0 aromatic heterocycles. The van der Waals surface area contributed by atoms with E-state index in [0.29, 0.717) is 11.3 Å². The maximum absolute atomic E-state index is 12.1. The quantitative estimate of drug-likeness (QED) is 0.764. The largest absolute Gasteiger partial charge is 0.368 e. The van der Waals surface area contributed by atoms with Crippen molar-refractivity contribution in [2.75, 3.05) is 4.90 Å². The van der Waals surface area contributed by atoms with Gasteiger partial charge in [-0.15, -0.1) is 0 Å². The molecule has 0 bridgehead atoms. The van der Waals surface area contributed by atoms with Gasteiger partial charge in [-0.1, -0.05) is 13.8 Å². The maximum Gasteiger partial charge on any atom is 0.258 e. The van der Waals surface area contributed by atoms with Crippen molar-refractivity contribution in [2.45, 2.75) is 19.9 Å². The van der Waals surface area contributed by atoms with E-state index in [2.05, 4.69) is 5.32 Å². The van der Waals surface area contributed by atoms with Crippen LogP contribution in [0, 0.1) is 5.92 Å². The Labute approximate surface area is 133 Å². The van der Waals surface area contributed by atoms with Crippen LogP contribution in [0.5, 0.6) is 0 Å². The summed E-state index contributed by atoms with van der Waals surface area (Å²) in [6, 6.07) is 5.16. The minimum absolute atomic E-state index is 0.137. The second kappa shape index (κ2) is 6.43. The molecule has 0 saturated heterocycles. The average Bonchev–Trinajstić information content (AvgIpc) is 2.83. The molecular weight excluding hydrogens is 298 g/mol. The third-order valence-electron chi connectivity index (χ3n) is 3.46. The molecule has 2 rings (SSSR count). The zero-order valence-electron chi connectivity index (χ0n) is 12.8. The summed E-state index contributed by atoms with van der Waals surface area (Å²) in [5, 5.41) is 2.57. The Morgan fingerprint density at radius 1 is 1.04 bits per heavy atom. The Morgan fingerprint density at radius 3 is 2.00 bits per heavy atom. The number of carbonyl (C=O) groups is 4. The zero-order valence-corrected chi connectivity index (χ0v) is 12.8. The zero-order chi connectivity index (χ0) is 17.1. The number of nitrogens with one attached hydrogen (secondary N) is 1. The number of hydrogen-bond acceptors (Lipinski definition) is 4. The molecule has 23 heavy (non-hydrogen) atoms. The highest BCUT2D eigenvalue weighted by atomic mass is 16.2. The molecule has 0 spiro atoms. The molecule has 1 aromatic carbocycles. The van der Waals surface area contributed by atoms with Crippen molar-refractivity contribution in [3.05, 3.63) is 42.0 Å². The Balaban J connectivity index is 2.13. The lowest BCUT2D eigenvalue weighted by atomic mass is 10.0. The molecule has 3 N–H and O–H groups in total. The van der Waals surface area contributed by atoms with Gasteiger partial charge >= 0.3 is 0 Å². The van der Waals surface area contributed by atoms with Gasteiger partial charge in [-0.05, 0) is 30.2 Å². The van der Waals surface area contributed by atoms with E-state index in [0.717, 1.165) is 4.90 Å². The predicted octanol–water partition coefficient (Wildman–Crippen LogP) is 0.356. The lowest BCUT2D eigenvalue weighted by Gasteiger charge is -2.19. The van der Waals surface area contributed by atoms with Gasteiger partial charge in [0.25, 0.3) is 17.7 Å². The Morgan fingerprint density at radius 2 is 1.57 bits per heavy atom. The minimum Gasteiger partial charge on any atom is -0.368 e. The number of amides is 4. The van der Waals surface area contributed by atoms with Crippen molar-refractivity contribution < 1.29 is 19.2 Å². The second-order valence-corrected chi connectivity index (χ2v) is 5.49. The number of primary amides is 1. The molecule has 0 fully saturated rings. The molecule has 4 amide bonds. The summed E-state index contributed by atoms with van der Waals surface area (Å²) >= 11 is 0. The average molecular weight is 315 g/mol. The summed E-state index contributed by atoms with van der Waals surface area (Å²) in [6.45, 7) is 3.55. The number of imide groups is 1. The highest BCUT2D eigenvalue weighted by Gasteiger charge is 2.26. The molecule has 1 heterocycles. The summed E-state index contributed by atoms with van der Waals surface area (Å²) in [5.41, 5.74) is 5.93. The Kier molecular flexibility index (Phi) is 4.59. The van der Waals surface area contributed by atoms with E-state index in [4.69, 9.17) is 5.73 Å². The maximum atomic E-state index is 12.1. The summed E-state index contributed by atoms with van der Waals surface area (Å²) < 4.78 is 0. The van der Waals surface area contributed by atoms with Gasteiger partial charge in [0.1, 0.15) is 6.04 Å². The summed E-state index contributed by atoms with van der Waals surface area (Å²) in [6.07, 6.45) is 2.37. The molecule has 7 nitrogen and oxygen atoms in total. The van der Waals surface area contributed by atoms with E-state index in [1.54, 1.807) is 13.8 Å². The minimum atomic E-state index is -0.770. The number of rotatable bonds is 5. The highest BCUT2D eigenvalue weighted by molar-refractivity contribution is 6.28. The predicted molar refractivity (Wildman–Crippen MR) is 83.4 cm³/mol. The molecule has 0 aliphatic carbocycles. The molecular formula is C16H17N3O4. The number of nitrogens with zero attached hydrogens (tertiary/aromatic N) is 1. The fraction of sp³-hybridized carbons (Fsp3) is 0.250. The van der Waals surface area contributed by atoms with Crippen molar-refractivity contribution in [2.24, 2.45) is 11.7 Å². The van der Waals surface area contributed by atoms with Crippen LogP contribution in [0.4, 0.5) is 5.69 Å². The molecule has 0 unspecified atom stereocenters. The van der Waals surface area contributed by atoms with Crippen LogP contribution in [0.1, 0.15) is 24.2 Å². The molecule has 0 saturated carbocycles. The molecule has 7 heteroatoms. The normalized spacial score (nSPS) is 15.2. The van der Waals surface area contributed by atoms with E-state index in [1.165, 1.54) is 36.4 Å². The first-order chi connectivity index (χ1) is 10.8. The number of benzene rings is 1. The van der Waals surface area contributed by atoms with Gasteiger partial charge in [-0.3, -0.25) is 19.2 Å². The first-order valence-electron chi connectivity index (χ1n) is 7.07. The fourth-order valence-corrected chi connectivity index (χ4v) is 2.21. The van der Waals surface area contributed by atoms with Crippen molar-refractivity contribution in [3.63, 3.8) is 0 Å². The lowest BCUT2D eigenvalue weighted by molar-refractivity contribution is -0.121. The first kappa shape index (κ1) is 16.4. The Hall–Kier alpha value is -2.96. The van der Waals surface area contributed by atoms with Gasteiger partial charge in [-0.25, -0.2) is 4.90 Å². The number of hydrogen-bond donors (Lipinski definition) is 2. The topological polar surface area (TPSA) is 110 Å². The van der Waals surface area contributed by atoms with Crippen LogP contribution in [0.15, 0.2) is 36.4 Å². The van der Waals surface area contributed by atoms with Crippen molar-refractivity contribution in [1.82, 2.24) is 5.32 Å². The summed E-state index contributed by atoms with van der Waals surface area (Å²) in [4.78, 5) is 47.6. The SMILES string of the molecule is CC(C)[C@H](NC(=O)c1ccc(N2C(=O)C=CC2=O)cc1)C(N)=O. The van der Waals surface area contributed by atoms with Gasteiger partial charge in [0.15, 0.2) is 0 Å². The molecule has 1 atom stereocenters. The Bertz CT molecular complexity index is 674. The number of nitrogens with two attached hydrogens (primary N) is 1. The highest BCUT2D eigenvalue weighted by Crippen LogP contribution is 2.19. The molecule has 0 radical (unpaired) electrons. The van der Waals surface area contributed by atoms with E-state index >= 15 is 0 Å². The molecule has 1 aliphatic heterocycles. The van der Waals surface area contributed by atoms with Crippen LogP contribution in [0.3, 0.4) is 0 Å². The third-order valence-corrected chi connectivity index (χ3v) is 3.46. The van der Waals surface area contributed by atoms with E-state index in [1.807, 2.05) is 0 Å². The number of carbonyl (C=O) groups excluding carboxylic acids is 4. The monoisotopic (exact) mass is 315 g/mol. The van der Waals surface area contributed by atoms with Crippen LogP contribution in [0.2, 0.25) is 0 Å². The molecule has 1 aliphatic rings.